The number of carbonyl (C=O) groups is 5. The second-order valence-corrected chi connectivity index (χ2v) is 9.51. The average Bonchev–Trinajstić information content (AvgIpc) is 3.64. The topological polar surface area (TPSA) is 208 Å². The van der Waals surface area contributed by atoms with E-state index < -0.39 is 5.24 Å². The van der Waals surface area contributed by atoms with Crippen LogP contribution in [0.15, 0.2) is 0 Å². The molecule has 0 unspecified atom stereocenters. The third-order valence-corrected chi connectivity index (χ3v) is 5.46. The van der Waals surface area contributed by atoms with E-state index in [1.165, 1.54) is 6.92 Å². The highest BCUT2D eigenvalue weighted by Gasteiger charge is 2.23. The third-order valence-electron chi connectivity index (χ3n) is 3.60. The number of hydrogen-bond donors (Lipinski definition) is 6. The largest absolute Gasteiger partial charge is 0.412 e. The van der Waals surface area contributed by atoms with E-state index in [-0.39, 0.29) is 52.0 Å². The van der Waals surface area contributed by atoms with Crippen LogP contribution in [0.4, 0.5) is 0 Å². The lowest BCUT2D eigenvalue weighted by atomic mass is 10.6. The number of aliphatic hydroxyl groups excluding tert-OH is 1. The molecule has 3 rings (SSSR count). The number of carbonyl (C=O) groups excluding carboxylic acids is 5. The fraction of sp³-hybridized carbons (Fsp3) is 0.750. The van der Waals surface area contributed by atoms with Gasteiger partial charge in [0.25, 0.3) is 0 Å². The van der Waals surface area contributed by atoms with Gasteiger partial charge in [0, 0.05) is 32.2 Å². The number of rotatable bonds is 8. The summed E-state index contributed by atoms with van der Waals surface area (Å²) in [6, 6.07) is 1.32. The molecule has 11 nitrogen and oxygen atoms in total. The van der Waals surface area contributed by atoms with E-state index in [4.69, 9.17) is 39.9 Å². The second kappa shape index (κ2) is 27.2. The fourth-order valence-electron chi connectivity index (χ4n) is 1.66. The maximum absolute atomic E-state index is 10.9. The molecule has 0 heterocycles. The summed E-state index contributed by atoms with van der Waals surface area (Å²) >= 11 is 19.6. The number of thiol groups is 1. The number of hydrogen-bond acceptors (Lipinski definition) is 9. The quantitative estimate of drug-likeness (QED) is 0.132. The van der Waals surface area contributed by atoms with E-state index in [2.05, 4.69) is 28.6 Å². The Labute approximate surface area is 237 Å². The van der Waals surface area contributed by atoms with E-state index in [9.17, 15) is 24.0 Å². The maximum Gasteiger partial charge on any atom is 0.236 e. The number of amides is 3. The first-order valence-electron chi connectivity index (χ1n) is 10.5. The summed E-state index contributed by atoms with van der Waals surface area (Å²) in [7, 11) is 1.00. The number of nitrogens with one attached hydrogen (secondary N) is 3. The lowest BCUT2D eigenvalue weighted by Crippen LogP contribution is -2.27. The molecule has 0 atom stereocenters. The lowest BCUT2D eigenvalue weighted by Gasteiger charge is -1.99. The van der Waals surface area contributed by atoms with Crippen molar-refractivity contribution in [1.82, 2.24) is 22.1 Å². The standard InChI is InChI=1S/C7H11NO2S.C5H8ClNO.C5H9NOS.C2H2Cl2O.CH4O.H3N.H2O/c1-5(9)11-4-7(10)8-6-2-3-6;6-3-5(8)7-4-1-2-4;7-5(3-8)6-4-1-2-4;3-1-2(4)5;1-2;;/h6H,2-4H2,1H3,(H,8,10);4H,1-3H2,(H,7,8);4,8H,1-3H2,(H,6,7);1H2;2H,1H3;1H3;1H2. The fourth-order valence-corrected chi connectivity index (χ4v) is 2.25. The molecular formula is C20H39Cl3N4O7S2. The Morgan fingerprint density at radius 1 is 0.806 bits per heavy atom. The molecule has 0 aromatic rings. The van der Waals surface area contributed by atoms with Gasteiger partial charge in [-0.2, -0.15) is 12.6 Å². The first-order chi connectivity index (χ1) is 16.1. The summed E-state index contributed by atoms with van der Waals surface area (Å²) in [6.07, 6.45) is 6.75. The van der Waals surface area contributed by atoms with Gasteiger partial charge < -0.3 is 32.7 Å². The van der Waals surface area contributed by atoms with Crippen molar-refractivity contribution >= 4 is 87.3 Å². The molecule has 0 radical (unpaired) electrons. The van der Waals surface area contributed by atoms with Crippen molar-refractivity contribution in [2.24, 2.45) is 0 Å². The Kier molecular flexibility index (Phi) is 32.0. The van der Waals surface area contributed by atoms with E-state index >= 15 is 0 Å². The summed E-state index contributed by atoms with van der Waals surface area (Å²) in [4.78, 5) is 51.7. The summed E-state index contributed by atoms with van der Waals surface area (Å²) in [5.41, 5.74) is 0. The molecule has 3 aliphatic rings. The zero-order valence-electron chi connectivity index (χ0n) is 20.5. The Morgan fingerprint density at radius 2 is 1.14 bits per heavy atom. The van der Waals surface area contributed by atoms with Gasteiger partial charge in [-0.3, -0.25) is 24.0 Å². The number of thioether (sulfide) groups is 1. The SMILES string of the molecule is CC(=O)SCC(=O)NC1CC1.CO.N.O.O=C(CCl)NC1CC1.O=C(CS)NC1CC1.O=C(Cl)CCl. The monoisotopic (exact) mass is 616 g/mol. The zero-order valence-corrected chi connectivity index (χ0v) is 24.5. The molecule has 3 amide bonds. The van der Waals surface area contributed by atoms with Crippen LogP contribution in [-0.4, -0.2) is 87.2 Å². The molecule has 0 aromatic carbocycles. The molecule has 36 heavy (non-hydrogen) atoms. The van der Waals surface area contributed by atoms with Crippen LogP contribution in [0.1, 0.15) is 45.4 Å². The Bertz CT molecular complexity index is 614. The second-order valence-electron chi connectivity index (χ2n) is 7.09. The minimum atomic E-state index is -0.508. The molecule has 0 spiro atoms. The van der Waals surface area contributed by atoms with Gasteiger partial charge in [0.05, 0.1) is 17.4 Å². The third kappa shape index (κ3) is 35.4. The highest BCUT2D eigenvalue weighted by molar-refractivity contribution is 8.14. The molecular weight excluding hydrogens is 579 g/mol. The summed E-state index contributed by atoms with van der Waals surface area (Å²) in [6.45, 7) is 1.47. The zero-order chi connectivity index (χ0) is 26.5. The van der Waals surface area contributed by atoms with Crippen LogP contribution < -0.4 is 22.1 Å². The minimum Gasteiger partial charge on any atom is -0.412 e. The first-order valence-corrected chi connectivity index (χ1v) is 13.5. The molecule has 0 bridgehead atoms. The maximum atomic E-state index is 10.9. The molecule has 0 aliphatic heterocycles. The van der Waals surface area contributed by atoms with Gasteiger partial charge in [-0.25, -0.2) is 0 Å². The van der Waals surface area contributed by atoms with Crippen molar-refractivity contribution in [2.75, 3.05) is 30.4 Å². The van der Waals surface area contributed by atoms with Crippen molar-refractivity contribution in [3.05, 3.63) is 0 Å². The van der Waals surface area contributed by atoms with Crippen LogP contribution in [0.25, 0.3) is 0 Å². The molecule has 0 saturated heterocycles. The van der Waals surface area contributed by atoms with Crippen molar-refractivity contribution in [3.63, 3.8) is 0 Å². The predicted molar refractivity (Wildman–Crippen MR) is 150 cm³/mol. The van der Waals surface area contributed by atoms with Gasteiger partial charge in [-0.05, 0) is 50.1 Å². The van der Waals surface area contributed by atoms with Gasteiger partial charge in [-0.1, -0.05) is 11.8 Å². The highest BCUT2D eigenvalue weighted by atomic mass is 35.5. The van der Waals surface area contributed by atoms with Crippen LogP contribution in [-0.2, 0) is 24.0 Å². The molecule has 3 saturated carbocycles. The molecule has 3 aliphatic carbocycles. The molecule has 3 fully saturated rings. The summed E-state index contributed by atoms with van der Waals surface area (Å²) in [5, 5.41) is 14.8. The van der Waals surface area contributed by atoms with E-state index in [1.807, 2.05) is 0 Å². The highest BCUT2D eigenvalue weighted by Crippen LogP contribution is 2.19. The van der Waals surface area contributed by atoms with Gasteiger partial charge in [0.2, 0.25) is 23.0 Å². The van der Waals surface area contributed by atoms with Crippen molar-refractivity contribution < 1.29 is 34.6 Å². The lowest BCUT2D eigenvalue weighted by molar-refractivity contribution is -0.119. The van der Waals surface area contributed by atoms with E-state index in [1.54, 1.807) is 0 Å². The van der Waals surface area contributed by atoms with Crippen molar-refractivity contribution in [3.8, 4) is 0 Å². The van der Waals surface area contributed by atoms with Crippen LogP contribution in [0.5, 0.6) is 0 Å². The minimum absolute atomic E-state index is 0. The van der Waals surface area contributed by atoms with E-state index in [0.29, 0.717) is 23.9 Å². The summed E-state index contributed by atoms with van der Waals surface area (Å²) in [5.74, 6) is 0.568. The first kappa shape index (κ1) is 42.3. The van der Waals surface area contributed by atoms with Gasteiger partial charge >= 0.3 is 0 Å². The molecule has 9 N–H and O–H groups in total. The number of alkyl halides is 2. The Hall–Kier alpha value is -0.800. The number of halogens is 3. The smallest absolute Gasteiger partial charge is 0.236 e. The van der Waals surface area contributed by atoms with Crippen LogP contribution in [0, 0.1) is 0 Å². The molecule has 214 valence electrons. The van der Waals surface area contributed by atoms with Crippen LogP contribution in [0.3, 0.4) is 0 Å². The summed E-state index contributed by atoms with van der Waals surface area (Å²) < 4.78 is 0. The average molecular weight is 618 g/mol. The Morgan fingerprint density at radius 3 is 1.39 bits per heavy atom. The van der Waals surface area contributed by atoms with E-state index in [0.717, 1.165) is 57.4 Å². The predicted octanol–water partition coefficient (Wildman–Crippen LogP) is 1.18. The molecule has 16 heteroatoms. The Balaban J connectivity index is -0.000000187. The van der Waals surface area contributed by atoms with Gasteiger partial charge in [0.1, 0.15) is 5.88 Å². The molecule has 0 aromatic heterocycles. The van der Waals surface area contributed by atoms with Crippen molar-refractivity contribution in [1.29, 1.82) is 0 Å². The van der Waals surface area contributed by atoms with Gasteiger partial charge in [0.15, 0.2) is 5.12 Å². The van der Waals surface area contributed by atoms with Crippen LogP contribution in [0.2, 0.25) is 0 Å². The van der Waals surface area contributed by atoms with Crippen LogP contribution >= 0.6 is 59.2 Å². The normalized spacial score (nSPS) is 14.2. The number of aliphatic hydroxyl groups is 1. The van der Waals surface area contributed by atoms with Gasteiger partial charge in [-0.15, -0.1) is 23.2 Å². The van der Waals surface area contributed by atoms with Crippen molar-refractivity contribution in [2.45, 2.75) is 63.6 Å².